The van der Waals surface area contributed by atoms with Gasteiger partial charge in [-0.05, 0) is 43.7 Å². The molecule has 6 N–H and O–H groups in total. The van der Waals surface area contributed by atoms with Crippen molar-refractivity contribution in [3.8, 4) is 0 Å². The van der Waals surface area contributed by atoms with Crippen molar-refractivity contribution >= 4 is 35.5 Å². The number of carbonyl (C=O) groups is 4. The van der Waals surface area contributed by atoms with E-state index in [4.69, 9.17) is 0 Å². The summed E-state index contributed by atoms with van der Waals surface area (Å²) in [5, 5.41) is 29.4. The molecule has 1 aliphatic heterocycles. The molecule has 1 rings (SSSR count). The number of hydrogen-bond acceptors (Lipinski definition) is 7. The first-order chi connectivity index (χ1) is 14.2. The van der Waals surface area contributed by atoms with E-state index in [0.29, 0.717) is 18.6 Å². The van der Waals surface area contributed by atoms with E-state index in [2.05, 4.69) is 21.3 Å². The Labute approximate surface area is 181 Å². The van der Waals surface area contributed by atoms with Gasteiger partial charge in [-0.2, -0.15) is 11.8 Å². The maximum atomic E-state index is 12.8. The number of hydrogen-bond donors (Lipinski definition) is 6. The van der Waals surface area contributed by atoms with Gasteiger partial charge in [0.2, 0.25) is 17.7 Å². The first-order valence-corrected chi connectivity index (χ1v) is 11.6. The summed E-state index contributed by atoms with van der Waals surface area (Å²) in [7, 11) is 0. The van der Waals surface area contributed by atoms with Crippen LogP contribution in [0.3, 0.4) is 0 Å². The van der Waals surface area contributed by atoms with Crippen molar-refractivity contribution in [2.45, 2.75) is 63.7 Å². The summed E-state index contributed by atoms with van der Waals surface area (Å²) in [5.41, 5.74) is 0. The lowest BCUT2D eigenvalue weighted by Crippen LogP contribution is -2.59. The van der Waals surface area contributed by atoms with Gasteiger partial charge >= 0.3 is 5.97 Å². The van der Waals surface area contributed by atoms with Crippen molar-refractivity contribution in [3.63, 3.8) is 0 Å². The Bertz CT molecular complexity index is 600. The van der Waals surface area contributed by atoms with Gasteiger partial charge < -0.3 is 31.5 Å². The second kappa shape index (κ2) is 13.5. The van der Waals surface area contributed by atoms with E-state index < -0.39 is 42.5 Å². The molecule has 0 aromatic heterocycles. The Morgan fingerprint density at radius 1 is 1.13 bits per heavy atom. The number of aliphatic hydroxyl groups is 1. The highest BCUT2D eigenvalue weighted by atomic mass is 32.2. The lowest BCUT2D eigenvalue weighted by molar-refractivity contribution is -0.142. The van der Waals surface area contributed by atoms with E-state index in [1.54, 1.807) is 0 Å². The van der Waals surface area contributed by atoms with Crippen LogP contribution in [0.5, 0.6) is 0 Å². The van der Waals surface area contributed by atoms with Gasteiger partial charge in [-0.1, -0.05) is 20.3 Å². The topological polar surface area (TPSA) is 157 Å². The minimum Gasteiger partial charge on any atom is -0.480 e. The Morgan fingerprint density at radius 3 is 2.30 bits per heavy atom. The molecule has 11 heteroatoms. The monoisotopic (exact) mass is 446 g/mol. The fraction of sp³-hybridized carbons (Fsp3) is 0.789. The van der Waals surface area contributed by atoms with Crippen LogP contribution in [0.1, 0.15) is 39.5 Å². The van der Waals surface area contributed by atoms with Crippen molar-refractivity contribution in [2.24, 2.45) is 5.92 Å². The number of nitrogens with one attached hydrogen (secondary N) is 4. The standard InChI is InChI=1S/C19H34N4O6S/c1-4-11(2)15(23-16(25)12-6-5-8-20-12)18(27)22-14(10-24)17(26)21-13(19(28)29)7-9-30-3/h11-15,20,24H,4-10H2,1-3H3,(H,21,26)(H,22,27)(H,23,25)(H,28,29). The van der Waals surface area contributed by atoms with Gasteiger partial charge in [0.15, 0.2) is 0 Å². The summed E-state index contributed by atoms with van der Waals surface area (Å²) in [6, 6.07) is -3.66. The summed E-state index contributed by atoms with van der Waals surface area (Å²) in [6.07, 6.45) is 4.22. The molecule has 0 spiro atoms. The van der Waals surface area contributed by atoms with Crippen LogP contribution in [0.4, 0.5) is 0 Å². The van der Waals surface area contributed by atoms with Crippen LogP contribution < -0.4 is 21.3 Å². The molecule has 30 heavy (non-hydrogen) atoms. The van der Waals surface area contributed by atoms with Crippen LogP contribution in [0.15, 0.2) is 0 Å². The zero-order chi connectivity index (χ0) is 22.7. The molecule has 1 heterocycles. The number of aliphatic hydroxyl groups excluding tert-OH is 1. The van der Waals surface area contributed by atoms with Crippen molar-refractivity contribution in [2.75, 3.05) is 25.2 Å². The first kappa shape index (κ1) is 26.2. The second-order valence-corrected chi connectivity index (χ2v) is 8.43. The van der Waals surface area contributed by atoms with E-state index in [1.165, 1.54) is 11.8 Å². The molecule has 3 amide bonds. The summed E-state index contributed by atoms with van der Waals surface area (Å²) < 4.78 is 0. The number of aliphatic carboxylic acids is 1. The molecule has 0 saturated carbocycles. The van der Waals surface area contributed by atoms with Gasteiger partial charge in [0.25, 0.3) is 0 Å². The van der Waals surface area contributed by atoms with E-state index >= 15 is 0 Å². The Kier molecular flexibility index (Phi) is 11.7. The van der Waals surface area contributed by atoms with E-state index in [9.17, 15) is 29.4 Å². The summed E-state index contributed by atoms with van der Waals surface area (Å²) >= 11 is 1.45. The number of rotatable bonds is 13. The van der Waals surface area contributed by atoms with Crippen molar-refractivity contribution in [3.05, 3.63) is 0 Å². The van der Waals surface area contributed by atoms with Crippen molar-refractivity contribution in [1.82, 2.24) is 21.3 Å². The first-order valence-electron chi connectivity index (χ1n) is 10.2. The number of carbonyl (C=O) groups excluding carboxylic acids is 3. The SMILES string of the molecule is CCC(C)C(NC(=O)C1CCCN1)C(=O)NC(CO)C(=O)NC(CCSC)C(=O)O. The van der Waals surface area contributed by atoms with Crippen LogP contribution in [0, 0.1) is 5.92 Å². The van der Waals surface area contributed by atoms with Gasteiger partial charge in [0, 0.05) is 0 Å². The molecule has 5 atom stereocenters. The van der Waals surface area contributed by atoms with Gasteiger partial charge in [-0.3, -0.25) is 14.4 Å². The number of carboxylic acid groups (broad SMARTS) is 1. The molecule has 0 radical (unpaired) electrons. The molecule has 0 aromatic carbocycles. The molecular weight excluding hydrogens is 412 g/mol. The van der Waals surface area contributed by atoms with Crippen LogP contribution >= 0.6 is 11.8 Å². The van der Waals surface area contributed by atoms with Gasteiger partial charge in [0.1, 0.15) is 18.1 Å². The van der Waals surface area contributed by atoms with E-state index in [0.717, 1.165) is 13.0 Å². The Balaban J connectivity index is 2.78. The van der Waals surface area contributed by atoms with Crippen LogP contribution in [0.2, 0.25) is 0 Å². The fourth-order valence-electron chi connectivity index (χ4n) is 3.09. The molecule has 0 aromatic rings. The summed E-state index contributed by atoms with van der Waals surface area (Å²) in [6.45, 7) is 3.73. The molecule has 0 aliphatic carbocycles. The predicted octanol–water partition coefficient (Wildman–Crippen LogP) is -0.931. The molecule has 1 saturated heterocycles. The summed E-state index contributed by atoms with van der Waals surface area (Å²) in [4.78, 5) is 49.0. The Morgan fingerprint density at radius 2 is 1.80 bits per heavy atom. The number of amides is 3. The maximum absolute atomic E-state index is 12.8. The van der Waals surface area contributed by atoms with Gasteiger partial charge in [-0.15, -0.1) is 0 Å². The van der Waals surface area contributed by atoms with Crippen LogP contribution in [0.25, 0.3) is 0 Å². The third-order valence-electron chi connectivity index (χ3n) is 5.21. The van der Waals surface area contributed by atoms with Crippen molar-refractivity contribution in [1.29, 1.82) is 0 Å². The molecular formula is C19H34N4O6S. The average molecular weight is 447 g/mol. The normalized spacial score (nSPS) is 19.9. The van der Waals surface area contributed by atoms with E-state index in [-0.39, 0.29) is 24.3 Å². The molecule has 172 valence electrons. The lowest BCUT2D eigenvalue weighted by Gasteiger charge is -2.27. The molecule has 5 unspecified atom stereocenters. The van der Waals surface area contributed by atoms with Crippen molar-refractivity contribution < 1.29 is 29.4 Å². The quantitative estimate of drug-likeness (QED) is 0.212. The highest BCUT2D eigenvalue weighted by molar-refractivity contribution is 7.98. The predicted molar refractivity (Wildman–Crippen MR) is 114 cm³/mol. The lowest BCUT2D eigenvalue weighted by atomic mass is 9.97. The highest BCUT2D eigenvalue weighted by Crippen LogP contribution is 2.11. The average Bonchev–Trinajstić information content (AvgIpc) is 3.26. The van der Waals surface area contributed by atoms with Gasteiger partial charge in [-0.25, -0.2) is 4.79 Å². The van der Waals surface area contributed by atoms with Crippen LogP contribution in [-0.4, -0.2) is 83.2 Å². The largest absolute Gasteiger partial charge is 0.480 e. The molecule has 0 bridgehead atoms. The maximum Gasteiger partial charge on any atom is 0.326 e. The third-order valence-corrected chi connectivity index (χ3v) is 5.85. The fourth-order valence-corrected chi connectivity index (χ4v) is 3.56. The Hall–Kier alpha value is -1.85. The third kappa shape index (κ3) is 8.11. The zero-order valence-electron chi connectivity index (χ0n) is 17.8. The molecule has 1 fully saturated rings. The van der Waals surface area contributed by atoms with Crippen LogP contribution in [-0.2, 0) is 19.2 Å². The van der Waals surface area contributed by atoms with Gasteiger partial charge in [0.05, 0.1) is 12.6 Å². The molecule has 1 aliphatic rings. The molecule has 10 nitrogen and oxygen atoms in total. The smallest absolute Gasteiger partial charge is 0.326 e. The second-order valence-electron chi connectivity index (χ2n) is 7.45. The minimum atomic E-state index is -1.32. The summed E-state index contributed by atoms with van der Waals surface area (Å²) in [5.74, 6) is -2.52. The zero-order valence-corrected chi connectivity index (χ0v) is 18.6. The van der Waals surface area contributed by atoms with E-state index in [1.807, 2.05) is 20.1 Å². The minimum absolute atomic E-state index is 0.203. The number of thioether (sulfide) groups is 1. The number of carboxylic acids is 1. The highest BCUT2D eigenvalue weighted by Gasteiger charge is 2.33.